The zero-order valence-corrected chi connectivity index (χ0v) is 12.1. The Morgan fingerprint density at radius 3 is 2.63 bits per heavy atom. The highest BCUT2D eigenvalue weighted by molar-refractivity contribution is 9.10. The van der Waals surface area contributed by atoms with E-state index in [0.29, 0.717) is 22.0 Å². The van der Waals surface area contributed by atoms with Crippen LogP contribution in [0.2, 0.25) is 5.02 Å². The number of benzene rings is 2. The van der Waals surface area contributed by atoms with Gasteiger partial charge in [-0.25, -0.2) is 0 Å². The zero-order valence-electron chi connectivity index (χ0n) is 9.78. The minimum absolute atomic E-state index is 0.335. The van der Waals surface area contributed by atoms with Gasteiger partial charge in [-0.1, -0.05) is 17.7 Å². The van der Waals surface area contributed by atoms with Crippen LogP contribution < -0.4 is 16.8 Å². The van der Waals surface area contributed by atoms with Crippen molar-refractivity contribution < 1.29 is 4.79 Å². The molecule has 0 aromatic heterocycles. The van der Waals surface area contributed by atoms with Crippen LogP contribution in [0.4, 0.5) is 17.1 Å². The molecule has 0 spiro atoms. The van der Waals surface area contributed by atoms with Crippen molar-refractivity contribution in [3.63, 3.8) is 0 Å². The van der Waals surface area contributed by atoms with E-state index in [4.69, 9.17) is 23.1 Å². The van der Waals surface area contributed by atoms with Gasteiger partial charge < -0.3 is 16.8 Å². The third-order valence-electron chi connectivity index (χ3n) is 2.55. The van der Waals surface area contributed by atoms with Crippen molar-refractivity contribution in [1.82, 2.24) is 0 Å². The summed E-state index contributed by atoms with van der Waals surface area (Å²) in [5.74, 6) is -0.542. The van der Waals surface area contributed by atoms with E-state index in [1.165, 1.54) is 0 Å². The topological polar surface area (TPSA) is 81.1 Å². The van der Waals surface area contributed by atoms with Gasteiger partial charge in [0.2, 0.25) is 0 Å². The molecule has 0 bridgehead atoms. The molecule has 19 heavy (non-hydrogen) atoms. The normalized spacial score (nSPS) is 10.2. The summed E-state index contributed by atoms with van der Waals surface area (Å²) in [5.41, 5.74) is 13.2. The van der Waals surface area contributed by atoms with E-state index in [-0.39, 0.29) is 0 Å². The molecule has 0 heterocycles. The van der Waals surface area contributed by atoms with E-state index in [0.717, 1.165) is 10.2 Å². The molecular formula is C13H11BrClN3O. The molecule has 0 aliphatic carbocycles. The average molecular weight is 341 g/mol. The molecule has 0 aliphatic rings. The standard InChI is InChI=1S/C13H11BrClN3O/c14-9-6-7(15)4-5-11(9)18-12-8(13(17)19)2-1-3-10(12)16/h1-6,18H,16H2,(H2,17,19). The molecule has 98 valence electrons. The van der Waals surface area contributed by atoms with E-state index in [2.05, 4.69) is 21.2 Å². The molecule has 5 N–H and O–H groups in total. The highest BCUT2D eigenvalue weighted by atomic mass is 79.9. The summed E-state index contributed by atoms with van der Waals surface area (Å²) in [6.07, 6.45) is 0. The number of nitrogens with two attached hydrogens (primary N) is 2. The van der Waals surface area contributed by atoms with Crippen molar-refractivity contribution >= 4 is 50.5 Å². The lowest BCUT2D eigenvalue weighted by molar-refractivity contribution is 0.100. The van der Waals surface area contributed by atoms with E-state index in [1.54, 1.807) is 36.4 Å². The molecule has 0 saturated carbocycles. The third kappa shape index (κ3) is 3.00. The van der Waals surface area contributed by atoms with Crippen LogP contribution >= 0.6 is 27.5 Å². The molecule has 6 heteroatoms. The van der Waals surface area contributed by atoms with Gasteiger partial charge in [0.1, 0.15) is 0 Å². The third-order valence-corrected chi connectivity index (χ3v) is 3.44. The first-order valence-electron chi connectivity index (χ1n) is 5.39. The Hall–Kier alpha value is -1.72. The van der Waals surface area contributed by atoms with E-state index in [9.17, 15) is 4.79 Å². The maximum atomic E-state index is 11.4. The van der Waals surface area contributed by atoms with Gasteiger partial charge in [-0.3, -0.25) is 4.79 Å². The van der Waals surface area contributed by atoms with Crippen LogP contribution in [0.15, 0.2) is 40.9 Å². The maximum Gasteiger partial charge on any atom is 0.250 e. The van der Waals surface area contributed by atoms with Gasteiger partial charge in [0.15, 0.2) is 0 Å². The number of amides is 1. The summed E-state index contributed by atoms with van der Waals surface area (Å²) in [5, 5.41) is 3.69. The molecule has 0 aliphatic heterocycles. The summed E-state index contributed by atoms with van der Waals surface area (Å²) < 4.78 is 0.763. The van der Waals surface area contributed by atoms with Gasteiger partial charge in [0.05, 0.1) is 22.6 Å². The highest BCUT2D eigenvalue weighted by Crippen LogP contribution is 2.32. The van der Waals surface area contributed by atoms with Crippen LogP contribution in [0.5, 0.6) is 0 Å². The molecule has 2 rings (SSSR count). The fourth-order valence-electron chi connectivity index (χ4n) is 1.64. The number of carbonyl (C=O) groups excluding carboxylic acids is 1. The van der Waals surface area contributed by atoms with Crippen LogP contribution in [0, 0.1) is 0 Å². The van der Waals surface area contributed by atoms with Crippen LogP contribution in [-0.4, -0.2) is 5.91 Å². The van der Waals surface area contributed by atoms with Crippen molar-refractivity contribution in [2.75, 3.05) is 11.1 Å². The molecule has 0 fully saturated rings. The van der Waals surface area contributed by atoms with Crippen LogP contribution in [0.25, 0.3) is 0 Å². The van der Waals surface area contributed by atoms with Crippen molar-refractivity contribution in [2.24, 2.45) is 5.73 Å². The monoisotopic (exact) mass is 339 g/mol. The number of nitrogen functional groups attached to an aromatic ring is 1. The number of halogens is 2. The van der Waals surface area contributed by atoms with Gasteiger partial charge in [0, 0.05) is 9.50 Å². The van der Waals surface area contributed by atoms with Crippen molar-refractivity contribution in [1.29, 1.82) is 0 Å². The number of hydrogen-bond acceptors (Lipinski definition) is 3. The lowest BCUT2D eigenvalue weighted by Gasteiger charge is -2.14. The Balaban J connectivity index is 2.46. The quantitative estimate of drug-likeness (QED) is 0.748. The van der Waals surface area contributed by atoms with E-state index < -0.39 is 5.91 Å². The van der Waals surface area contributed by atoms with Gasteiger partial charge in [0.25, 0.3) is 5.91 Å². The number of nitrogens with one attached hydrogen (secondary N) is 1. The number of anilines is 3. The number of primary amides is 1. The molecule has 0 radical (unpaired) electrons. The second-order valence-electron chi connectivity index (χ2n) is 3.88. The minimum atomic E-state index is -0.542. The Labute approximate surface area is 123 Å². The smallest absolute Gasteiger partial charge is 0.250 e. The van der Waals surface area contributed by atoms with E-state index >= 15 is 0 Å². The second-order valence-corrected chi connectivity index (χ2v) is 5.17. The molecule has 2 aromatic rings. The van der Waals surface area contributed by atoms with Crippen molar-refractivity contribution in [3.05, 3.63) is 51.5 Å². The number of hydrogen-bond donors (Lipinski definition) is 3. The fraction of sp³-hybridized carbons (Fsp3) is 0. The second kappa shape index (κ2) is 5.50. The van der Waals surface area contributed by atoms with Gasteiger partial charge in [-0.05, 0) is 46.3 Å². The Kier molecular flexibility index (Phi) is 3.97. The van der Waals surface area contributed by atoms with Gasteiger partial charge >= 0.3 is 0 Å². The maximum absolute atomic E-state index is 11.4. The average Bonchev–Trinajstić information content (AvgIpc) is 2.34. The van der Waals surface area contributed by atoms with Crippen molar-refractivity contribution in [2.45, 2.75) is 0 Å². The molecular weight excluding hydrogens is 330 g/mol. The Morgan fingerprint density at radius 2 is 2.00 bits per heavy atom. The molecule has 2 aromatic carbocycles. The lowest BCUT2D eigenvalue weighted by Crippen LogP contribution is -2.14. The molecule has 1 amide bonds. The summed E-state index contributed by atoms with van der Waals surface area (Å²) in [4.78, 5) is 11.4. The SMILES string of the molecule is NC(=O)c1cccc(N)c1Nc1ccc(Cl)cc1Br. The minimum Gasteiger partial charge on any atom is -0.397 e. The molecule has 4 nitrogen and oxygen atoms in total. The predicted octanol–water partition coefficient (Wildman–Crippen LogP) is 3.53. The summed E-state index contributed by atoms with van der Waals surface area (Å²) in [7, 11) is 0. The van der Waals surface area contributed by atoms with Crippen LogP contribution in [0.3, 0.4) is 0 Å². The number of carbonyl (C=O) groups is 1. The number of para-hydroxylation sites is 1. The molecule has 0 atom stereocenters. The predicted molar refractivity (Wildman–Crippen MR) is 81.8 cm³/mol. The lowest BCUT2D eigenvalue weighted by atomic mass is 10.1. The summed E-state index contributed by atoms with van der Waals surface area (Å²) >= 11 is 9.26. The zero-order chi connectivity index (χ0) is 14.0. The van der Waals surface area contributed by atoms with Gasteiger partial charge in [-0.2, -0.15) is 0 Å². The first-order chi connectivity index (χ1) is 8.99. The largest absolute Gasteiger partial charge is 0.397 e. The summed E-state index contributed by atoms with van der Waals surface area (Å²) in [6.45, 7) is 0. The Morgan fingerprint density at radius 1 is 1.26 bits per heavy atom. The van der Waals surface area contributed by atoms with Crippen LogP contribution in [-0.2, 0) is 0 Å². The molecule has 0 saturated heterocycles. The van der Waals surface area contributed by atoms with E-state index in [1.807, 2.05) is 0 Å². The first-order valence-corrected chi connectivity index (χ1v) is 6.56. The molecule has 0 unspecified atom stereocenters. The Bertz CT molecular complexity index is 646. The van der Waals surface area contributed by atoms with Crippen LogP contribution in [0.1, 0.15) is 10.4 Å². The van der Waals surface area contributed by atoms with Gasteiger partial charge in [-0.15, -0.1) is 0 Å². The number of rotatable bonds is 3. The fourth-order valence-corrected chi connectivity index (χ4v) is 2.42. The highest BCUT2D eigenvalue weighted by Gasteiger charge is 2.12. The van der Waals surface area contributed by atoms with Crippen molar-refractivity contribution in [3.8, 4) is 0 Å². The summed E-state index contributed by atoms with van der Waals surface area (Å²) in [6, 6.07) is 10.2. The first kappa shape index (κ1) is 13.7.